The fourth-order valence-corrected chi connectivity index (χ4v) is 4.44. The van der Waals surface area contributed by atoms with Gasteiger partial charge in [-0.15, -0.1) is 0 Å². The van der Waals surface area contributed by atoms with Crippen molar-refractivity contribution in [2.75, 3.05) is 23.9 Å². The van der Waals surface area contributed by atoms with E-state index in [1.165, 1.54) is 12.3 Å². The lowest BCUT2D eigenvalue weighted by Crippen LogP contribution is -2.19. The Hall–Kier alpha value is -3.77. The van der Waals surface area contributed by atoms with Gasteiger partial charge in [-0.25, -0.2) is 28.1 Å². The summed E-state index contributed by atoms with van der Waals surface area (Å²) >= 11 is 6.14. The zero-order valence-electron chi connectivity index (χ0n) is 20.8. The molecule has 11 nitrogen and oxygen atoms in total. The Kier molecular flexibility index (Phi) is 7.60. The molecule has 0 bridgehead atoms. The lowest BCUT2D eigenvalue weighted by atomic mass is 10.1. The summed E-state index contributed by atoms with van der Waals surface area (Å²) in [7, 11) is -1.54. The summed E-state index contributed by atoms with van der Waals surface area (Å²) in [6.45, 7) is 4.38. The summed E-state index contributed by atoms with van der Waals surface area (Å²) in [4.78, 5) is 17.2. The van der Waals surface area contributed by atoms with Gasteiger partial charge in [-0.05, 0) is 38.1 Å². The van der Waals surface area contributed by atoms with Crippen molar-refractivity contribution in [2.24, 2.45) is 7.05 Å². The third-order valence-electron chi connectivity index (χ3n) is 5.56. The molecule has 4 aromatic heterocycles. The van der Waals surface area contributed by atoms with E-state index in [1.54, 1.807) is 42.3 Å². The summed E-state index contributed by atoms with van der Waals surface area (Å²) in [6, 6.07) is 6.49. The minimum atomic E-state index is -3.34. The molecule has 0 spiro atoms. The Morgan fingerprint density at radius 2 is 1.97 bits per heavy atom. The Morgan fingerprint density at radius 1 is 1.19 bits per heavy atom. The first-order chi connectivity index (χ1) is 17.5. The molecule has 0 unspecified atom stereocenters. The van der Waals surface area contributed by atoms with Crippen LogP contribution in [0.25, 0.3) is 22.6 Å². The molecule has 0 aliphatic rings. The lowest BCUT2D eigenvalue weighted by molar-refractivity contribution is 0.198. The quantitative estimate of drug-likeness (QED) is 0.300. The molecule has 1 atom stereocenters. The molecule has 4 aromatic rings. The van der Waals surface area contributed by atoms with E-state index in [4.69, 9.17) is 22.1 Å². The molecule has 0 fully saturated rings. The number of hydrogen-bond acceptors (Lipinski definition) is 10. The van der Waals surface area contributed by atoms with Gasteiger partial charge in [0.15, 0.2) is 15.7 Å². The van der Waals surface area contributed by atoms with Crippen LogP contribution in [0.1, 0.15) is 19.0 Å². The third-order valence-corrected chi connectivity index (χ3v) is 6.86. The molecule has 0 amide bonds. The number of nitrogens with zero attached hydrogens (tertiary/aromatic N) is 6. The predicted molar refractivity (Wildman–Crippen MR) is 142 cm³/mol. The molecule has 13 heteroatoms. The zero-order valence-corrected chi connectivity index (χ0v) is 22.4. The van der Waals surface area contributed by atoms with E-state index in [1.807, 2.05) is 13.8 Å². The molecule has 0 aliphatic carbocycles. The molecule has 37 heavy (non-hydrogen) atoms. The van der Waals surface area contributed by atoms with Crippen molar-refractivity contribution < 1.29 is 13.2 Å². The number of rotatable bonds is 9. The molecule has 4 heterocycles. The van der Waals surface area contributed by atoms with E-state index < -0.39 is 9.84 Å². The first kappa shape index (κ1) is 26.3. The van der Waals surface area contributed by atoms with Gasteiger partial charge < -0.3 is 15.8 Å². The van der Waals surface area contributed by atoms with Crippen LogP contribution < -0.4 is 15.8 Å². The maximum atomic E-state index is 11.8. The number of nitrogens with two attached hydrogens (primary N) is 1. The van der Waals surface area contributed by atoms with E-state index in [2.05, 4.69) is 30.4 Å². The van der Waals surface area contributed by atoms with Crippen LogP contribution in [0.5, 0.6) is 5.88 Å². The highest BCUT2D eigenvalue weighted by Gasteiger charge is 2.21. The van der Waals surface area contributed by atoms with Gasteiger partial charge in [0.05, 0.1) is 22.4 Å². The SMILES string of the molecule is Cc1nn(C)c(O[C@H](C)CCNc2cc(Cl)ncc2-c2ccc(S(C)(=O)=O)cn2)c1-c1nccc(N)n1. The number of sulfone groups is 1. The van der Waals surface area contributed by atoms with Crippen molar-refractivity contribution in [1.29, 1.82) is 0 Å². The number of nitrogen functional groups attached to an aromatic ring is 1. The van der Waals surface area contributed by atoms with E-state index in [0.717, 1.165) is 17.6 Å². The van der Waals surface area contributed by atoms with Crippen LogP contribution in [0.2, 0.25) is 5.15 Å². The third kappa shape index (κ3) is 6.15. The maximum Gasteiger partial charge on any atom is 0.223 e. The van der Waals surface area contributed by atoms with Gasteiger partial charge in [-0.2, -0.15) is 5.10 Å². The van der Waals surface area contributed by atoms with Crippen LogP contribution in [0, 0.1) is 6.92 Å². The molecule has 4 rings (SSSR count). The molecule has 0 saturated carbocycles. The Labute approximate surface area is 220 Å². The molecule has 0 aliphatic heterocycles. The minimum Gasteiger partial charge on any atom is -0.474 e. The van der Waals surface area contributed by atoms with Crippen LogP contribution in [-0.4, -0.2) is 57.0 Å². The van der Waals surface area contributed by atoms with Crippen molar-refractivity contribution in [3.05, 3.63) is 53.7 Å². The van der Waals surface area contributed by atoms with Crippen LogP contribution in [0.3, 0.4) is 0 Å². The fourth-order valence-electron chi connectivity index (χ4n) is 3.72. The van der Waals surface area contributed by atoms with E-state index >= 15 is 0 Å². The molecule has 0 saturated heterocycles. The summed E-state index contributed by atoms with van der Waals surface area (Å²) in [5.74, 6) is 1.37. The van der Waals surface area contributed by atoms with Crippen LogP contribution in [0.4, 0.5) is 11.5 Å². The molecular formula is C24H27ClN8O3S. The average molecular weight is 543 g/mol. The van der Waals surface area contributed by atoms with Gasteiger partial charge in [0.1, 0.15) is 16.5 Å². The second-order valence-corrected chi connectivity index (χ2v) is 10.9. The van der Waals surface area contributed by atoms with E-state index in [9.17, 15) is 8.42 Å². The van der Waals surface area contributed by atoms with Crippen molar-refractivity contribution in [3.63, 3.8) is 0 Å². The highest BCUT2D eigenvalue weighted by atomic mass is 35.5. The first-order valence-electron chi connectivity index (χ1n) is 11.4. The van der Waals surface area contributed by atoms with Gasteiger partial charge in [0, 0.05) is 56.1 Å². The van der Waals surface area contributed by atoms with E-state index in [0.29, 0.717) is 52.5 Å². The number of ether oxygens (including phenoxy) is 1. The highest BCUT2D eigenvalue weighted by Crippen LogP contribution is 2.32. The number of anilines is 2. The Bertz CT molecular complexity index is 1520. The van der Waals surface area contributed by atoms with Crippen LogP contribution >= 0.6 is 11.6 Å². The molecule has 0 radical (unpaired) electrons. The molecule has 194 valence electrons. The normalized spacial score (nSPS) is 12.4. The number of hydrogen-bond donors (Lipinski definition) is 2. The highest BCUT2D eigenvalue weighted by molar-refractivity contribution is 7.90. The Balaban J connectivity index is 1.47. The van der Waals surface area contributed by atoms with Crippen molar-refractivity contribution in [2.45, 2.75) is 31.3 Å². The van der Waals surface area contributed by atoms with Crippen LogP contribution in [-0.2, 0) is 16.9 Å². The van der Waals surface area contributed by atoms with Crippen molar-refractivity contribution in [3.8, 4) is 28.5 Å². The lowest BCUT2D eigenvalue weighted by Gasteiger charge is -2.17. The number of nitrogens with one attached hydrogen (secondary N) is 1. The van der Waals surface area contributed by atoms with Crippen LogP contribution in [0.15, 0.2) is 47.8 Å². The molecule has 3 N–H and O–H groups in total. The van der Waals surface area contributed by atoms with E-state index in [-0.39, 0.29) is 11.0 Å². The zero-order chi connectivity index (χ0) is 26.7. The smallest absolute Gasteiger partial charge is 0.223 e. The standard InChI is InChI=1S/C24H27ClN8O3S/c1-14(36-24-22(15(2)32-33(24)3)23-28-10-8-21(26)31-23)7-9-27-19-11-20(25)30-13-17(19)18-6-5-16(12-29-18)37(4,34)35/h5-6,8,10-14H,7,9H2,1-4H3,(H,27,30)(H2,26,28,31)/t14-/m1/s1. The predicted octanol–water partition coefficient (Wildman–Crippen LogP) is 3.55. The average Bonchev–Trinajstić information content (AvgIpc) is 3.11. The first-order valence-corrected chi connectivity index (χ1v) is 13.6. The second kappa shape index (κ2) is 10.7. The maximum absolute atomic E-state index is 11.8. The number of aromatic nitrogens is 6. The van der Waals surface area contributed by atoms with Crippen molar-refractivity contribution in [1.82, 2.24) is 29.7 Å². The van der Waals surface area contributed by atoms with Gasteiger partial charge in [0.2, 0.25) is 5.88 Å². The number of aryl methyl sites for hydroxylation is 2. The largest absolute Gasteiger partial charge is 0.474 e. The van der Waals surface area contributed by atoms with Gasteiger partial charge in [-0.3, -0.25) is 4.98 Å². The van der Waals surface area contributed by atoms with Gasteiger partial charge in [0.25, 0.3) is 0 Å². The molecule has 0 aromatic carbocycles. The monoisotopic (exact) mass is 542 g/mol. The Morgan fingerprint density at radius 3 is 2.65 bits per heavy atom. The molecular weight excluding hydrogens is 516 g/mol. The summed E-state index contributed by atoms with van der Waals surface area (Å²) < 4.78 is 31.4. The van der Waals surface area contributed by atoms with Gasteiger partial charge in [-0.1, -0.05) is 11.6 Å². The van der Waals surface area contributed by atoms with Gasteiger partial charge >= 0.3 is 0 Å². The second-order valence-electron chi connectivity index (χ2n) is 8.54. The summed E-state index contributed by atoms with van der Waals surface area (Å²) in [5.41, 5.74) is 9.26. The number of halogens is 1. The van der Waals surface area contributed by atoms with Crippen molar-refractivity contribution >= 4 is 32.9 Å². The summed E-state index contributed by atoms with van der Waals surface area (Å²) in [6.07, 6.45) is 6.13. The topological polar surface area (TPSA) is 151 Å². The fraction of sp³-hybridized carbons (Fsp3) is 0.292. The summed E-state index contributed by atoms with van der Waals surface area (Å²) in [5, 5.41) is 8.14. The minimum absolute atomic E-state index is 0.145. The number of pyridine rings is 2.